The van der Waals surface area contributed by atoms with Crippen molar-refractivity contribution in [3.8, 4) is 22.5 Å². The molecule has 3 nitrogen and oxygen atoms in total. The molecule has 0 radical (unpaired) electrons. The molecule has 41 heavy (non-hydrogen) atoms. The first-order valence-corrected chi connectivity index (χ1v) is 13.9. The van der Waals surface area contributed by atoms with Gasteiger partial charge >= 0.3 is 0 Å². The maximum absolute atomic E-state index is 5.17. The quantitative estimate of drug-likeness (QED) is 0.212. The third-order valence-electron chi connectivity index (χ3n) is 8.33. The minimum atomic E-state index is 0.953. The second kappa shape index (κ2) is 8.48. The number of hydrogen-bond acceptors (Lipinski definition) is 2. The van der Waals surface area contributed by atoms with Gasteiger partial charge in [-0.2, -0.15) is 0 Å². The van der Waals surface area contributed by atoms with Crippen molar-refractivity contribution in [2.45, 2.75) is 0 Å². The van der Waals surface area contributed by atoms with Crippen LogP contribution < -0.4 is 0 Å². The van der Waals surface area contributed by atoms with Gasteiger partial charge in [0.05, 0.1) is 27.9 Å². The monoisotopic (exact) mass is 521 g/mol. The summed E-state index contributed by atoms with van der Waals surface area (Å²) in [6.07, 6.45) is 0. The van der Waals surface area contributed by atoms with Crippen LogP contribution in [0.25, 0.3) is 82.4 Å². The first-order chi connectivity index (χ1) is 20.3. The first-order valence-electron chi connectivity index (χ1n) is 13.9. The molecule has 190 valence electrons. The summed E-state index contributed by atoms with van der Waals surface area (Å²) in [5.41, 5.74) is 8.35. The van der Waals surface area contributed by atoms with Gasteiger partial charge in [-0.1, -0.05) is 103 Å². The lowest BCUT2D eigenvalue weighted by molar-refractivity contribution is 1.30. The number of hydrogen-bond donors (Lipinski definition) is 0. The van der Waals surface area contributed by atoms with E-state index in [4.69, 9.17) is 9.97 Å². The van der Waals surface area contributed by atoms with E-state index in [1.165, 1.54) is 37.7 Å². The molecule has 0 aliphatic heterocycles. The molecule has 0 amide bonds. The van der Waals surface area contributed by atoms with E-state index in [2.05, 4.69) is 144 Å². The molecule has 9 aromatic rings. The highest BCUT2D eigenvalue weighted by Crippen LogP contribution is 2.38. The van der Waals surface area contributed by atoms with Crippen molar-refractivity contribution in [2.24, 2.45) is 0 Å². The highest BCUT2D eigenvalue weighted by molar-refractivity contribution is 6.23. The molecule has 0 saturated carbocycles. The Hall–Kier alpha value is -5.54. The van der Waals surface area contributed by atoms with Crippen LogP contribution in [-0.4, -0.2) is 14.4 Å². The third-order valence-corrected chi connectivity index (χ3v) is 8.33. The molecule has 0 aliphatic carbocycles. The molecule has 0 bridgehead atoms. The molecule has 0 unspecified atom stereocenters. The maximum atomic E-state index is 5.17. The van der Waals surface area contributed by atoms with Crippen molar-refractivity contribution in [3.05, 3.63) is 140 Å². The van der Waals surface area contributed by atoms with E-state index >= 15 is 0 Å². The SMILES string of the molecule is c1cc(-c2ccc3ccccc3c2)nc(-c2ccc3c4ccc5ccccc5c4c4nc5ccccc5n4c3c2)c1. The summed E-state index contributed by atoms with van der Waals surface area (Å²) in [5, 5.41) is 8.51. The van der Waals surface area contributed by atoms with Gasteiger partial charge in [-0.15, -0.1) is 0 Å². The minimum Gasteiger partial charge on any atom is -0.292 e. The Morgan fingerprint density at radius 1 is 0.415 bits per heavy atom. The Labute approximate surface area is 236 Å². The summed E-state index contributed by atoms with van der Waals surface area (Å²) in [5.74, 6) is 0. The fraction of sp³-hybridized carbons (Fsp3) is 0. The molecule has 6 aromatic carbocycles. The van der Waals surface area contributed by atoms with Crippen LogP contribution in [0.3, 0.4) is 0 Å². The zero-order chi connectivity index (χ0) is 26.9. The number of para-hydroxylation sites is 2. The molecule has 3 heteroatoms. The van der Waals surface area contributed by atoms with E-state index in [0.717, 1.165) is 44.7 Å². The number of fused-ring (bicyclic) bond motifs is 11. The Balaban J connectivity index is 1.32. The van der Waals surface area contributed by atoms with Crippen LogP contribution in [0.5, 0.6) is 0 Å². The number of benzene rings is 6. The summed E-state index contributed by atoms with van der Waals surface area (Å²) in [4.78, 5) is 10.3. The van der Waals surface area contributed by atoms with Gasteiger partial charge in [0, 0.05) is 21.9 Å². The molecular weight excluding hydrogens is 498 g/mol. The zero-order valence-corrected chi connectivity index (χ0v) is 22.1. The largest absolute Gasteiger partial charge is 0.292 e. The molecule has 0 fully saturated rings. The summed E-state index contributed by atoms with van der Waals surface area (Å²) >= 11 is 0. The molecule has 9 rings (SSSR count). The number of nitrogens with zero attached hydrogens (tertiary/aromatic N) is 3. The highest BCUT2D eigenvalue weighted by atomic mass is 15.0. The van der Waals surface area contributed by atoms with Gasteiger partial charge in [-0.25, -0.2) is 9.97 Å². The predicted molar refractivity (Wildman–Crippen MR) is 171 cm³/mol. The smallest absolute Gasteiger partial charge is 0.147 e. The topological polar surface area (TPSA) is 30.2 Å². The fourth-order valence-electron chi connectivity index (χ4n) is 6.38. The van der Waals surface area contributed by atoms with Gasteiger partial charge in [-0.3, -0.25) is 4.40 Å². The molecule has 0 saturated heterocycles. The predicted octanol–water partition coefficient (Wildman–Crippen LogP) is 9.83. The normalized spacial score (nSPS) is 11.9. The summed E-state index contributed by atoms with van der Waals surface area (Å²) in [6, 6.07) is 49.5. The molecule has 0 spiro atoms. The maximum Gasteiger partial charge on any atom is 0.147 e. The summed E-state index contributed by atoms with van der Waals surface area (Å²) < 4.78 is 2.33. The minimum absolute atomic E-state index is 0.953. The highest BCUT2D eigenvalue weighted by Gasteiger charge is 2.16. The van der Waals surface area contributed by atoms with Crippen LogP contribution in [-0.2, 0) is 0 Å². The van der Waals surface area contributed by atoms with Crippen molar-refractivity contribution in [3.63, 3.8) is 0 Å². The van der Waals surface area contributed by atoms with E-state index in [0.29, 0.717) is 0 Å². The van der Waals surface area contributed by atoms with Crippen molar-refractivity contribution < 1.29 is 0 Å². The van der Waals surface area contributed by atoms with Crippen LogP contribution >= 0.6 is 0 Å². The van der Waals surface area contributed by atoms with Crippen molar-refractivity contribution in [1.29, 1.82) is 0 Å². The van der Waals surface area contributed by atoms with E-state index in [9.17, 15) is 0 Å². The van der Waals surface area contributed by atoms with Crippen LogP contribution in [0.4, 0.5) is 0 Å². The van der Waals surface area contributed by atoms with Gasteiger partial charge in [0.25, 0.3) is 0 Å². The Morgan fingerprint density at radius 3 is 2.00 bits per heavy atom. The second-order valence-electron chi connectivity index (χ2n) is 10.7. The molecule has 3 heterocycles. The van der Waals surface area contributed by atoms with Crippen molar-refractivity contribution >= 4 is 59.9 Å². The molecule has 0 N–H and O–H groups in total. The third kappa shape index (κ3) is 3.33. The number of imidazole rings is 1. The van der Waals surface area contributed by atoms with Gasteiger partial charge in [0.15, 0.2) is 0 Å². The lowest BCUT2D eigenvalue weighted by Gasteiger charge is -2.13. The number of rotatable bonds is 2. The van der Waals surface area contributed by atoms with Crippen molar-refractivity contribution in [2.75, 3.05) is 0 Å². The molecule has 0 atom stereocenters. The average Bonchev–Trinajstić information content (AvgIpc) is 3.44. The molecular formula is C38H23N3. The summed E-state index contributed by atoms with van der Waals surface area (Å²) in [7, 11) is 0. The van der Waals surface area contributed by atoms with Crippen molar-refractivity contribution in [1.82, 2.24) is 14.4 Å². The fourth-order valence-corrected chi connectivity index (χ4v) is 6.38. The Morgan fingerprint density at radius 2 is 1.10 bits per heavy atom. The number of aromatic nitrogens is 3. The Bertz CT molecular complexity index is 2490. The average molecular weight is 522 g/mol. The standard InChI is InChI=1S/C38H23N3/c1-2-10-26-22-27(17-16-24(26)8-1)32-13-7-14-33(39-32)28-19-20-30-31-21-18-25-9-3-4-11-29(25)37(31)38-40-34-12-5-6-15-35(34)41(38)36(30)23-28/h1-23H. The first kappa shape index (κ1) is 22.3. The lowest BCUT2D eigenvalue weighted by Crippen LogP contribution is -1.94. The van der Waals surface area contributed by atoms with Gasteiger partial charge < -0.3 is 0 Å². The second-order valence-corrected chi connectivity index (χ2v) is 10.7. The summed E-state index contributed by atoms with van der Waals surface area (Å²) in [6.45, 7) is 0. The van der Waals surface area contributed by atoms with Gasteiger partial charge in [0.2, 0.25) is 0 Å². The van der Waals surface area contributed by atoms with Gasteiger partial charge in [0.1, 0.15) is 5.65 Å². The van der Waals surface area contributed by atoms with E-state index in [1.807, 2.05) is 0 Å². The van der Waals surface area contributed by atoms with E-state index in [-0.39, 0.29) is 0 Å². The Kier molecular flexibility index (Phi) is 4.61. The zero-order valence-electron chi connectivity index (χ0n) is 22.1. The van der Waals surface area contributed by atoms with E-state index in [1.54, 1.807) is 0 Å². The van der Waals surface area contributed by atoms with Crippen LogP contribution in [0.1, 0.15) is 0 Å². The molecule has 3 aromatic heterocycles. The van der Waals surface area contributed by atoms with Crippen LogP contribution in [0.2, 0.25) is 0 Å². The lowest BCUT2D eigenvalue weighted by atomic mass is 9.98. The van der Waals surface area contributed by atoms with Crippen LogP contribution in [0, 0.1) is 0 Å². The van der Waals surface area contributed by atoms with Gasteiger partial charge in [-0.05, 0) is 63.3 Å². The molecule has 0 aliphatic rings. The van der Waals surface area contributed by atoms with E-state index < -0.39 is 0 Å². The van der Waals surface area contributed by atoms with Crippen LogP contribution in [0.15, 0.2) is 140 Å². The number of pyridine rings is 2.